The number of aryl methyl sites for hydroxylation is 1. The van der Waals surface area contributed by atoms with E-state index < -0.39 is 0 Å². The quantitative estimate of drug-likeness (QED) is 0.639. The number of hydrogen-bond acceptors (Lipinski definition) is 3. The van der Waals surface area contributed by atoms with Crippen molar-refractivity contribution >= 4 is 12.0 Å². The second kappa shape index (κ2) is 9.09. The summed E-state index contributed by atoms with van der Waals surface area (Å²) in [5.41, 5.74) is 5.26. The largest absolute Gasteiger partial charge is 0.348 e. The Bertz CT molecular complexity index is 1020. The van der Waals surface area contributed by atoms with Gasteiger partial charge in [0.1, 0.15) is 0 Å². The van der Waals surface area contributed by atoms with Crippen molar-refractivity contribution in [2.45, 2.75) is 32.9 Å². The first kappa shape index (κ1) is 20.1. The number of aromatic nitrogens is 2. The molecular weight excluding hydrogens is 372 g/mol. The summed E-state index contributed by atoms with van der Waals surface area (Å²) in [6.07, 6.45) is 4.49. The number of para-hydroxylation sites is 1. The molecule has 0 saturated carbocycles. The summed E-state index contributed by atoms with van der Waals surface area (Å²) < 4.78 is 1.92. The first-order valence-corrected chi connectivity index (χ1v) is 10.5. The van der Waals surface area contributed by atoms with Crippen molar-refractivity contribution in [2.75, 3.05) is 13.1 Å². The Morgan fingerprint density at radius 3 is 2.53 bits per heavy atom. The van der Waals surface area contributed by atoms with Gasteiger partial charge in [0.15, 0.2) is 0 Å². The average molecular weight is 401 g/mol. The first-order valence-electron chi connectivity index (χ1n) is 10.5. The average Bonchev–Trinajstić information content (AvgIpc) is 3.31. The standard InChI is InChI=1S/C25H28N4O/c1-19-24(20(2)29(27-19)23-11-7-4-8-12-23)13-14-25(30)26-22-15-16-28(18-22)17-21-9-5-3-6-10-21/h3-14,22H,15-18H2,1-2H3,(H,26,30)/b14-13+/t22-/m0/s1. The van der Waals surface area contributed by atoms with Crippen LogP contribution in [0, 0.1) is 13.8 Å². The van der Waals surface area contributed by atoms with E-state index in [1.165, 1.54) is 5.56 Å². The first-order chi connectivity index (χ1) is 14.6. The maximum absolute atomic E-state index is 12.5. The maximum atomic E-state index is 12.5. The molecule has 1 aliphatic rings. The van der Waals surface area contributed by atoms with Crippen molar-refractivity contribution in [3.63, 3.8) is 0 Å². The third-order valence-electron chi connectivity index (χ3n) is 5.62. The third kappa shape index (κ3) is 4.69. The highest BCUT2D eigenvalue weighted by atomic mass is 16.1. The number of nitrogens with zero attached hydrogens (tertiary/aromatic N) is 3. The normalized spacial score (nSPS) is 16.9. The predicted octanol–water partition coefficient (Wildman–Crippen LogP) is 3.89. The van der Waals surface area contributed by atoms with E-state index >= 15 is 0 Å². The molecule has 0 spiro atoms. The van der Waals surface area contributed by atoms with E-state index in [1.54, 1.807) is 6.08 Å². The molecule has 1 aliphatic heterocycles. The highest BCUT2D eigenvalue weighted by molar-refractivity contribution is 5.92. The van der Waals surface area contributed by atoms with Crippen LogP contribution >= 0.6 is 0 Å². The van der Waals surface area contributed by atoms with Crippen LogP contribution in [-0.4, -0.2) is 39.7 Å². The zero-order valence-corrected chi connectivity index (χ0v) is 17.6. The number of carbonyl (C=O) groups is 1. The molecule has 3 aromatic rings. The van der Waals surface area contributed by atoms with E-state index in [2.05, 4.69) is 39.6 Å². The van der Waals surface area contributed by atoms with Crippen molar-refractivity contribution < 1.29 is 4.79 Å². The summed E-state index contributed by atoms with van der Waals surface area (Å²) in [5, 5.41) is 7.79. The summed E-state index contributed by atoms with van der Waals surface area (Å²) in [5.74, 6) is -0.0483. The molecule has 5 nitrogen and oxygen atoms in total. The molecule has 30 heavy (non-hydrogen) atoms. The molecule has 0 bridgehead atoms. The molecule has 1 saturated heterocycles. The van der Waals surface area contributed by atoms with Gasteiger partial charge in [0.25, 0.3) is 0 Å². The van der Waals surface area contributed by atoms with Crippen LogP contribution in [0.1, 0.15) is 28.9 Å². The van der Waals surface area contributed by atoms with Crippen LogP contribution < -0.4 is 5.32 Å². The summed E-state index contributed by atoms with van der Waals surface area (Å²) in [6, 6.07) is 20.7. The smallest absolute Gasteiger partial charge is 0.244 e. The van der Waals surface area contributed by atoms with Gasteiger partial charge in [-0.1, -0.05) is 48.5 Å². The molecule has 1 fully saturated rings. The van der Waals surface area contributed by atoms with Crippen molar-refractivity contribution in [1.29, 1.82) is 0 Å². The summed E-state index contributed by atoms with van der Waals surface area (Å²) in [6.45, 7) is 6.83. The fourth-order valence-corrected chi connectivity index (χ4v) is 4.06. The van der Waals surface area contributed by atoms with Crippen LogP contribution in [0.3, 0.4) is 0 Å². The highest BCUT2D eigenvalue weighted by Gasteiger charge is 2.23. The highest BCUT2D eigenvalue weighted by Crippen LogP contribution is 2.19. The van der Waals surface area contributed by atoms with E-state index in [9.17, 15) is 4.79 Å². The lowest BCUT2D eigenvalue weighted by Gasteiger charge is -2.16. The number of nitrogens with one attached hydrogen (secondary N) is 1. The molecule has 1 N–H and O–H groups in total. The molecule has 4 rings (SSSR count). The van der Waals surface area contributed by atoms with Gasteiger partial charge in [-0.05, 0) is 44.0 Å². The topological polar surface area (TPSA) is 50.2 Å². The lowest BCUT2D eigenvalue weighted by molar-refractivity contribution is -0.117. The van der Waals surface area contributed by atoms with Crippen LogP contribution in [0.2, 0.25) is 0 Å². The minimum atomic E-state index is -0.0483. The molecule has 0 aliphatic carbocycles. The molecule has 0 radical (unpaired) electrons. The Morgan fingerprint density at radius 2 is 1.80 bits per heavy atom. The van der Waals surface area contributed by atoms with E-state index in [0.29, 0.717) is 0 Å². The van der Waals surface area contributed by atoms with Crippen LogP contribution in [0.25, 0.3) is 11.8 Å². The van der Waals surface area contributed by atoms with Gasteiger partial charge in [-0.2, -0.15) is 5.10 Å². The zero-order valence-electron chi connectivity index (χ0n) is 17.6. The number of likely N-dealkylation sites (tertiary alicyclic amines) is 1. The fraction of sp³-hybridized carbons (Fsp3) is 0.280. The lowest BCUT2D eigenvalue weighted by Crippen LogP contribution is -2.35. The van der Waals surface area contributed by atoms with Gasteiger partial charge >= 0.3 is 0 Å². The van der Waals surface area contributed by atoms with Gasteiger partial charge in [0, 0.05) is 43.0 Å². The summed E-state index contributed by atoms with van der Waals surface area (Å²) in [4.78, 5) is 14.9. The molecule has 1 aromatic heterocycles. The maximum Gasteiger partial charge on any atom is 0.244 e. The molecule has 154 valence electrons. The number of benzene rings is 2. The number of amides is 1. The van der Waals surface area contributed by atoms with Gasteiger partial charge in [0.2, 0.25) is 5.91 Å². The van der Waals surface area contributed by atoms with Gasteiger partial charge in [-0.15, -0.1) is 0 Å². The minimum absolute atomic E-state index is 0.0483. The molecular formula is C25H28N4O. The summed E-state index contributed by atoms with van der Waals surface area (Å²) in [7, 11) is 0. The number of rotatable bonds is 6. The molecule has 1 atom stereocenters. The Morgan fingerprint density at radius 1 is 1.10 bits per heavy atom. The Kier molecular flexibility index (Phi) is 6.10. The van der Waals surface area contributed by atoms with Crippen LogP contribution in [0.5, 0.6) is 0 Å². The third-order valence-corrected chi connectivity index (χ3v) is 5.62. The van der Waals surface area contributed by atoms with E-state index in [1.807, 2.05) is 61.0 Å². The van der Waals surface area contributed by atoms with Crippen molar-refractivity contribution in [3.8, 4) is 5.69 Å². The monoisotopic (exact) mass is 400 g/mol. The molecule has 0 unspecified atom stereocenters. The van der Waals surface area contributed by atoms with Crippen molar-refractivity contribution in [1.82, 2.24) is 20.0 Å². The summed E-state index contributed by atoms with van der Waals surface area (Å²) >= 11 is 0. The van der Waals surface area contributed by atoms with Crippen LogP contribution in [0.15, 0.2) is 66.7 Å². The molecule has 2 aromatic carbocycles. The molecule has 2 heterocycles. The van der Waals surface area contributed by atoms with E-state index in [4.69, 9.17) is 0 Å². The fourth-order valence-electron chi connectivity index (χ4n) is 4.06. The predicted molar refractivity (Wildman–Crippen MR) is 120 cm³/mol. The Labute approximate surface area is 178 Å². The lowest BCUT2D eigenvalue weighted by atomic mass is 10.1. The van der Waals surface area contributed by atoms with Gasteiger partial charge < -0.3 is 5.32 Å². The Balaban J connectivity index is 1.35. The van der Waals surface area contributed by atoms with Crippen molar-refractivity contribution in [3.05, 3.63) is 89.3 Å². The zero-order chi connectivity index (χ0) is 20.9. The SMILES string of the molecule is Cc1nn(-c2ccccc2)c(C)c1/C=C/C(=O)N[C@H]1CCN(Cc2ccccc2)C1. The molecule has 5 heteroatoms. The minimum Gasteiger partial charge on any atom is -0.348 e. The van der Waals surface area contributed by atoms with E-state index in [-0.39, 0.29) is 11.9 Å². The second-order valence-electron chi connectivity index (χ2n) is 7.88. The van der Waals surface area contributed by atoms with Crippen LogP contribution in [-0.2, 0) is 11.3 Å². The van der Waals surface area contributed by atoms with Crippen LogP contribution in [0.4, 0.5) is 0 Å². The van der Waals surface area contributed by atoms with Gasteiger partial charge in [-0.25, -0.2) is 4.68 Å². The Hall–Kier alpha value is -3.18. The van der Waals surface area contributed by atoms with Gasteiger partial charge in [0.05, 0.1) is 11.4 Å². The van der Waals surface area contributed by atoms with Gasteiger partial charge in [-0.3, -0.25) is 9.69 Å². The van der Waals surface area contributed by atoms with Crippen molar-refractivity contribution in [2.24, 2.45) is 0 Å². The number of carbonyl (C=O) groups excluding carboxylic acids is 1. The second-order valence-corrected chi connectivity index (χ2v) is 7.88. The van der Waals surface area contributed by atoms with E-state index in [0.717, 1.165) is 48.7 Å². The number of hydrogen-bond donors (Lipinski definition) is 1. The molecule has 1 amide bonds.